The molecule has 150 valence electrons. The predicted octanol–water partition coefficient (Wildman–Crippen LogP) is 2.75. The lowest BCUT2D eigenvalue weighted by atomic mass is 9.96. The van der Waals surface area contributed by atoms with Gasteiger partial charge in [-0.1, -0.05) is 17.8 Å². The maximum atomic E-state index is 12.3. The summed E-state index contributed by atoms with van der Waals surface area (Å²) in [4.78, 5) is 18.2. The van der Waals surface area contributed by atoms with Gasteiger partial charge >= 0.3 is 0 Å². The Morgan fingerprint density at radius 2 is 1.93 bits per heavy atom. The zero-order chi connectivity index (χ0) is 21.6. The number of aromatic hydroxyl groups is 1. The number of aromatic nitrogens is 1. The Labute approximate surface area is 173 Å². The minimum atomic E-state index is -0.0820. The second kappa shape index (κ2) is 9.67. The summed E-state index contributed by atoms with van der Waals surface area (Å²) in [6, 6.07) is 8.55. The monoisotopic (exact) mass is 411 g/mol. The van der Waals surface area contributed by atoms with Gasteiger partial charge in [0, 0.05) is 18.7 Å². The van der Waals surface area contributed by atoms with E-state index in [0.29, 0.717) is 24.2 Å². The van der Waals surface area contributed by atoms with Crippen LogP contribution in [0.25, 0.3) is 11.1 Å². The van der Waals surface area contributed by atoms with E-state index in [1.807, 2.05) is 19.9 Å². The van der Waals surface area contributed by atoms with Crippen LogP contribution in [0, 0.1) is 22.7 Å². The van der Waals surface area contributed by atoms with Gasteiger partial charge in [0.1, 0.15) is 28.5 Å². The number of nitrogen functional groups attached to an aromatic ring is 1. The molecule has 0 aliphatic rings. The number of nitrogens with two attached hydrogens (primary N) is 1. The van der Waals surface area contributed by atoms with E-state index in [4.69, 9.17) is 10.5 Å². The Balaban J connectivity index is 2.58. The first-order valence-corrected chi connectivity index (χ1v) is 9.81. The van der Waals surface area contributed by atoms with Crippen molar-refractivity contribution >= 4 is 23.5 Å². The number of phenolic OH excluding ortho intramolecular Hbond substituents is 1. The number of amides is 1. The number of ether oxygens (including phenoxy) is 1. The average molecular weight is 411 g/mol. The second-order valence-electron chi connectivity index (χ2n) is 5.89. The molecule has 0 radical (unpaired) electrons. The number of thioether (sulfide) groups is 1. The number of phenols is 1. The Morgan fingerprint density at radius 1 is 1.28 bits per heavy atom. The molecule has 0 atom stereocenters. The van der Waals surface area contributed by atoms with Crippen LogP contribution in [0.1, 0.15) is 25.0 Å². The van der Waals surface area contributed by atoms with E-state index >= 15 is 0 Å². The first-order chi connectivity index (χ1) is 13.9. The molecular weight excluding hydrogens is 390 g/mol. The van der Waals surface area contributed by atoms with Gasteiger partial charge in [-0.05, 0) is 31.5 Å². The first kappa shape index (κ1) is 21.9. The van der Waals surface area contributed by atoms with Crippen molar-refractivity contribution in [2.24, 2.45) is 0 Å². The molecule has 2 aromatic rings. The molecule has 0 aliphatic carbocycles. The highest BCUT2D eigenvalue weighted by Crippen LogP contribution is 2.38. The number of hydrogen-bond donors (Lipinski definition) is 2. The van der Waals surface area contributed by atoms with E-state index in [2.05, 4.69) is 11.1 Å². The molecule has 9 heteroatoms. The third-order valence-electron chi connectivity index (χ3n) is 4.33. The molecule has 0 aliphatic heterocycles. The number of hydrogen-bond acceptors (Lipinski definition) is 8. The Kier molecular flexibility index (Phi) is 7.29. The number of anilines is 1. The SMILES string of the molecule is CCN(CC)C(=O)CSc1nc(N)c(C#N)c(-c2ccc(O)c(OC)c2)c1C#N. The minimum Gasteiger partial charge on any atom is -0.504 e. The van der Waals surface area contributed by atoms with Crippen molar-refractivity contribution in [3.63, 3.8) is 0 Å². The summed E-state index contributed by atoms with van der Waals surface area (Å²) in [5, 5.41) is 29.5. The van der Waals surface area contributed by atoms with Crippen LogP contribution in [0.4, 0.5) is 5.82 Å². The molecule has 0 unspecified atom stereocenters. The Morgan fingerprint density at radius 3 is 2.48 bits per heavy atom. The largest absolute Gasteiger partial charge is 0.504 e. The van der Waals surface area contributed by atoms with Crippen molar-refractivity contribution in [3.05, 3.63) is 29.3 Å². The number of benzene rings is 1. The van der Waals surface area contributed by atoms with Crippen molar-refractivity contribution in [3.8, 4) is 34.8 Å². The van der Waals surface area contributed by atoms with Gasteiger partial charge < -0.3 is 20.5 Å². The summed E-state index contributed by atoms with van der Waals surface area (Å²) in [5.41, 5.74) is 6.93. The van der Waals surface area contributed by atoms with Crippen LogP contribution in [0.15, 0.2) is 23.2 Å². The first-order valence-electron chi connectivity index (χ1n) is 8.83. The molecule has 8 nitrogen and oxygen atoms in total. The molecule has 1 amide bonds. The van der Waals surface area contributed by atoms with Crippen LogP contribution in [-0.4, -0.2) is 46.8 Å². The van der Waals surface area contributed by atoms with E-state index in [-0.39, 0.29) is 45.1 Å². The Hall–Kier alpha value is -3.43. The molecule has 29 heavy (non-hydrogen) atoms. The van der Waals surface area contributed by atoms with Gasteiger partial charge in [0.15, 0.2) is 11.5 Å². The van der Waals surface area contributed by atoms with Crippen molar-refractivity contribution in [2.75, 3.05) is 31.7 Å². The summed E-state index contributed by atoms with van der Waals surface area (Å²) >= 11 is 1.10. The molecule has 0 bridgehead atoms. The van der Waals surface area contributed by atoms with Crippen LogP contribution in [0.2, 0.25) is 0 Å². The van der Waals surface area contributed by atoms with Gasteiger partial charge in [-0.2, -0.15) is 10.5 Å². The summed E-state index contributed by atoms with van der Waals surface area (Å²) in [5.74, 6) is 0.0895. The lowest BCUT2D eigenvalue weighted by Gasteiger charge is -2.18. The molecule has 0 saturated heterocycles. The highest BCUT2D eigenvalue weighted by Gasteiger charge is 2.22. The van der Waals surface area contributed by atoms with Gasteiger partial charge in [0.2, 0.25) is 5.91 Å². The number of methoxy groups -OCH3 is 1. The summed E-state index contributed by atoms with van der Waals surface area (Å²) < 4.78 is 5.13. The molecule has 2 rings (SSSR count). The molecule has 0 fully saturated rings. The molecular formula is C20H21N5O3S. The maximum absolute atomic E-state index is 12.3. The fourth-order valence-corrected chi connectivity index (χ4v) is 3.72. The van der Waals surface area contributed by atoms with Gasteiger partial charge in [0.05, 0.1) is 18.4 Å². The van der Waals surface area contributed by atoms with Crippen LogP contribution in [-0.2, 0) is 4.79 Å². The lowest BCUT2D eigenvalue weighted by Crippen LogP contribution is -2.31. The van der Waals surface area contributed by atoms with Crippen molar-refractivity contribution in [1.29, 1.82) is 10.5 Å². The van der Waals surface area contributed by atoms with Gasteiger partial charge in [0.25, 0.3) is 0 Å². The third-order valence-corrected chi connectivity index (χ3v) is 5.29. The number of carbonyl (C=O) groups is 1. The molecule has 0 saturated carbocycles. The van der Waals surface area contributed by atoms with E-state index in [1.54, 1.807) is 11.0 Å². The normalized spacial score (nSPS) is 10.1. The van der Waals surface area contributed by atoms with Crippen LogP contribution in [0.5, 0.6) is 11.5 Å². The van der Waals surface area contributed by atoms with E-state index in [9.17, 15) is 20.4 Å². The molecule has 0 spiro atoms. The van der Waals surface area contributed by atoms with Gasteiger partial charge in [-0.15, -0.1) is 0 Å². The number of carbonyl (C=O) groups excluding carboxylic acids is 1. The second-order valence-corrected chi connectivity index (χ2v) is 6.86. The van der Waals surface area contributed by atoms with Crippen LogP contribution >= 0.6 is 11.8 Å². The number of rotatable bonds is 7. The smallest absolute Gasteiger partial charge is 0.232 e. The van der Waals surface area contributed by atoms with Crippen LogP contribution < -0.4 is 10.5 Å². The van der Waals surface area contributed by atoms with E-state index in [1.165, 1.54) is 19.2 Å². The van der Waals surface area contributed by atoms with E-state index < -0.39 is 0 Å². The molecule has 1 aromatic carbocycles. The van der Waals surface area contributed by atoms with E-state index in [0.717, 1.165) is 11.8 Å². The zero-order valence-electron chi connectivity index (χ0n) is 16.4. The van der Waals surface area contributed by atoms with Crippen molar-refractivity contribution in [1.82, 2.24) is 9.88 Å². The van der Waals surface area contributed by atoms with Crippen molar-refractivity contribution in [2.45, 2.75) is 18.9 Å². The third kappa shape index (κ3) is 4.53. The minimum absolute atomic E-state index is 0.0358. The highest BCUT2D eigenvalue weighted by molar-refractivity contribution is 8.00. The molecule has 1 aromatic heterocycles. The quantitative estimate of drug-likeness (QED) is 0.664. The topological polar surface area (TPSA) is 136 Å². The summed E-state index contributed by atoms with van der Waals surface area (Å²) in [6.07, 6.45) is 0. The molecule has 3 N–H and O–H groups in total. The highest BCUT2D eigenvalue weighted by atomic mass is 32.2. The average Bonchev–Trinajstić information content (AvgIpc) is 2.72. The molecule has 1 heterocycles. The zero-order valence-corrected chi connectivity index (χ0v) is 17.2. The predicted molar refractivity (Wildman–Crippen MR) is 110 cm³/mol. The van der Waals surface area contributed by atoms with Gasteiger partial charge in [-0.3, -0.25) is 4.79 Å². The van der Waals surface area contributed by atoms with Crippen LogP contribution in [0.3, 0.4) is 0 Å². The standard InChI is InChI=1S/C20H21N5O3S/c1-4-25(5-2)17(27)11-29-20-14(10-22)18(13(9-21)19(23)24-20)12-6-7-15(26)16(8-12)28-3/h6-8,26H,4-5,11H2,1-3H3,(H2,23,24). The fourth-order valence-electron chi connectivity index (χ4n) is 2.82. The van der Waals surface area contributed by atoms with Gasteiger partial charge in [-0.25, -0.2) is 4.98 Å². The lowest BCUT2D eigenvalue weighted by molar-refractivity contribution is -0.127. The fraction of sp³-hybridized carbons (Fsp3) is 0.300. The summed E-state index contributed by atoms with van der Waals surface area (Å²) in [7, 11) is 1.40. The number of pyridine rings is 1. The number of nitriles is 2. The maximum Gasteiger partial charge on any atom is 0.232 e. The van der Waals surface area contributed by atoms with Crippen molar-refractivity contribution < 1.29 is 14.6 Å². The number of nitrogens with zero attached hydrogens (tertiary/aromatic N) is 4. The Bertz CT molecular complexity index is 1010. The summed E-state index contributed by atoms with van der Waals surface area (Å²) in [6.45, 7) is 4.95.